The molecule has 90 valence electrons. The molecular weight excluding hydrogens is 202 g/mol. The van der Waals surface area contributed by atoms with Crippen LogP contribution in [0.4, 0.5) is 0 Å². The Morgan fingerprint density at radius 1 is 1.31 bits per heavy atom. The summed E-state index contributed by atoms with van der Waals surface area (Å²) < 4.78 is 5.35. The molecule has 0 saturated heterocycles. The summed E-state index contributed by atoms with van der Waals surface area (Å²) in [5.41, 5.74) is -0.0566. The molecule has 1 heterocycles. The van der Waals surface area contributed by atoms with Gasteiger partial charge in [-0.1, -0.05) is 32.3 Å². The fraction of sp³-hybridized carbons (Fsp3) is 0.833. The molecule has 0 amide bonds. The molecule has 4 nitrogen and oxygen atoms in total. The highest BCUT2D eigenvalue weighted by Gasteiger charge is 2.32. The first kappa shape index (κ1) is 11.6. The maximum Gasteiger partial charge on any atom is 0.232 e. The first-order chi connectivity index (χ1) is 7.52. The van der Waals surface area contributed by atoms with Crippen LogP contribution in [-0.4, -0.2) is 23.2 Å². The van der Waals surface area contributed by atoms with Crippen molar-refractivity contribution in [2.75, 3.05) is 7.05 Å². The predicted octanol–water partition coefficient (Wildman–Crippen LogP) is 2.22. The number of hydrogen-bond donors (Lipinski definition) is 1. The third kappa shape index (κ3) is 2.12. The van der Waals surface area contributed by atoms with Crippen LogP contribution in [0.25, 0.3) is 0 Å². The lowest BCUT2D eigenvalue weighted by Gasteiger charge is -2.15. The van der Waals surface area contributed by atoms with Crippen molar-refractivity contribution in [2.45, 2.75) is 57.4 Å². The molecule has 0 unspecified atom stereocenters. The van der Waals surface area contributed by atoms with Crippen LogP contribution >= 0.6 is 0 Å². The molecule has 1 aromatic rings. The predicted molar refractivity (Wildman–Crippen MR) is 62.4 cm³/mol. The van der Waals surface area contributed by atoms with Gasteiger partial charge >= 0.3 is 0 Å². The van der Waals surface area contributed by atoms with E-state index in [0.29, 0.717) is 12.0 Å². The first-order valence-corrected chi connectivity index (χ1v) is 6.03. The standard InChI is InChI=1S/C12H21N3O/c1-12(2,3)11-14-10(15-16-11)8-6-5-7-9(8)13-4/h8-9,13H,5-7H2,1-4H3/t8-,9+/m1/s1. The van der Waals surface area contributed by atoms with Gasteiger partial charge in [0.25, 0.3) is 0 Å². The zero-order valence-corrected chi connectivity index (χ0v) is 10.6. The van der Waals surface area contributed by atoms with Gasteiger partial charge in [0.05, 0.1) is 0 Å². The van der Waals surface area contributed by atoms with Gasteiger partial charge in [0.1, 0.15) is 0 Å². The smallest absolute Gasteiger partial charge is 0.232 e. The van der Waals surface area contributed by atoms with Gasteiger partial charge in [-0.2, -0.15) is 4.98 Å². The van der Waals surface area contributed by atoms with E-state index in [1.54, 1.807) is 0 Å². The average Bonchev–Trinajstić information content (AvgIpc) is 2.84. The van der Waals surface area contributed by atoms with Crippen LogP contribution in [-0.2, 0) is 5.41 Å². The maximum absolute atomic E-state index is 5.35. The van der Waals surface area contributed by atoms with Crippen molar-refractivity contribution in [2.24, 2.45) is 0 Å². The molecule has 0 spiro atoms. The number of aromatic nitrogens is 2. The van der Waals surface area contributed by atoms with Gasteiger partial charge < -0.3 is 9.84 Å². The Hall–Kier alpha value is -0.900. The number of hydrogen-bond acceptors (Lipinski definition) is 4. The summed E-state index contributed by atoms with van der Waals surface area (Å²) in [4.78, 5) is 4.54. The second-order valence-corrected chi connectivity index (χ2v) is 5.64. The van der Waals surface area contributed by atoms with E-state index in [-0.39, 0.29) is 5.41 Å². The van der Waals surface area contributed by atoms with Gasteiger partial charge in [-0.05, 0) is 19.9 Å². The Bertz CT molecular complexity index is 353. The molecule has 0 radical (unpaired) electrons. The number of nitrogens with zero attached hydrogens (tertiary/aromatic N) is 2. The number of likely N-dealkylation sites (N-methyl/N-ethyl adjacent to an activating group) is 1. The third-order valence-corrected chi connectivity index (χ3v) is 3.30. The lowest BCUT2D eigenvalue weighted by Crippen LogP contribution is -2.28. The molecule has 2 rings (SSSR count). The molecule has 0 bridgehead atoms. The molecule has 1 aromatic heterocycles. The van der Waals surface area contributed by atoms with E-state index >= 15 is 0 Å². The highest BCUT2D eigenvalue weighted by molar-refractivity contribution is 5.07. The molecule has 1 saturated carbocycles. The second kappa shape index (κ2) is 4.17. The molecule has 4 heteroatoms. The molecule has 2 atom stereocenters. The summed E-state index contributed by atoms with van der Waals surface area (Å²) in [5.74, 6) is 2.04. The molecule has 1 fully saturated rings. The van der Waals surface area contributed by atoms with Crippen LogP contribution in [0.5, 0.6) is 0 Å². The van der Waals surface area contributed by atoms with Gasteiger partial charge in [0, 0.05) is 17.4 Å². The van der Waals surface area contributed by atoms with Crippen molar-refractivity contribution in [3.8, 4) is 0 Å². The van der Waals surface area contributed by atoms with Crippen LogP contribution < -0.4 is 5.32 Å². The Morgan fingerprint density at radius 3 is 2.62 bits per heavy atom. The Kier molecular flexibility index (Phi) is 3.02. The van der Waals surface area contributed by atoms with E-state index in [2.05, 4.69) is 36.2 Å². The minimum atomic E-state index is -0.0566. The van der Waals surface area contributed by atoms with Crippen molar-refractivity contribution in [1.29, 1.82) is 0 Å². The molecule has 0 aliphatic heterocycles. The molecule has 0 aromatic carbocycles. The van der Waals surface area contributed by atoms with Gasteiger partial charge in [0.2, 0.25) is 5.89 Å². The molecule has 1 N–H and O–H groups in total. The van der Waals surface area contributed by atoms with Crippen LogP contribution in [0.15, 0.2) is 4.52 Å². The number of rotatable bonds is 2. The lowest BCUT2D eigenvalue weighted by molar-refractivity contribution is 0.315. The molecule has 1 aliphatic carbocycles. The highest BCUT2D eigenvalue weighted by Crippen LogP contribution is 2.33. The minimum absolute atomic E-state index is 0.0566. The summed E-state index contributed by atoms with van der Waals surface area (Å²) in [7, 11) is 2.01. The van der Waals surface area contributed by atoms with E-state index < -0.39 is 0 Å². The van der Waals surface area contributed by atoms with Gasteiger partial charge in [0.15, 0.2) is 5.82 Å². The van der Waals surface area contributed by atoms with E-state index in [0.717, 1.165) is 18.1 Å². The van der Waals surface area contributed by atoms with Crippen LogP contribution in [0.2, 0.25) is 0 Å². The summed E-state index contributed by atoms with van der Waals surface area (Å²) in [6, 6.07) is 0.505. The van der Waals surface area contributed by atoms with Crippen molar-refractivity contribution in [1.82, 2.24) is 15.5 Å². The van der Waals surface area contributed by atoms with Crippen molar-refractivity contribution in [3.05, 3.63) is 11.7 Å². The van der Waals surface area contributed by atoms with Crippen LogP contribution in [0.1, 0.15) is 57.7 Å². The highest BCUT2D eigenvalue weighted by atomic mass is 16.5. The molecular formula is C12H21N3O. The van der Waals surface area contributed by atoms with Gasteiger partial charge in [-0.15, -0.1) is 0 Å². The Labute approximate surface area is 96.8 Å². The van der Waals surface area contributed by atoms with Crippen LogP contribution in [0, 0.1) is 0 Å². The first-order valence-electron chi connectivity index (χ1n) is 6.03. The zero-order valence-electron chi connectivity index (χ0n) is 10.6. The van der Waals surface area contributed by atoms with E-state index in [1.807, 2.05) is 7.05 Å². The van der Waals surface area contributed by atoms with E-state index in [1.165, 1.54) is 12.8 Å². The van der Waals surface area contributed by atoms with E-state index in [9.17, 15) is 0 Å². The third-order valence-electron chi connectivity index (χ3n) is 3.30. The average molecular weight is 223 g/mol. The Morgan fingerprint density at radius 2 is 2.06 bits per heavy atom. The van der Waals surface area contributed by atoms with Gasteiger partial charge in [-0.25, -0.2) is 0 Å². The summed E-state index contributed by atoms with van der Waals surface area (Å²) in [6.45, 7) is 6.28. The number of nitrogens with one attached hydrogen (secondary N) is 1. The lowest BCUT2D eigenvalue weighted by atomic mass is 9.97. The SMILES string of the molecule is CN[C@H]1CCC[C@H]1c1noc(C(C)(C)C)n1. The van der Waals surface area contributed by atoms with Crippen molar-refractivity contribution < 1.29 is 4.52 Å². The summed E-state index contributed by atoms with van der Waals surface area (Å²) in [6.07, 6.45) is 3.62. The van der Waals surface area contributed by atoms with Crippen molar-refractivity contribution >= 4 is 0 Å². The fourth-order valence-electron chi connectivity index (χ4n) is 2.30. The Balaban J connectivity index is 2.18. The normalized spacial score (nSPS) is 26.2. The van der Waals surface area contributed by atoms with Gasteiger partial charge in [-0.3, -0.25) is 0 Å². The fourth-order valence-corrected chi connectivity index (χ4v) is 2.30. The van der Waals surface area contributed by atoms with Crippen LogP contribution in [0.3, 0.4) is 0 Å². The van der Waals surface area contributed by atoms with Crippen molar-refractivity contribution in [3.63, 3.8) is 0 Å². The topological polar surface area (TPSA) is 51.0 Å². The monoisotopic (exact) mass is 223 g/mol. The maximum atomic E-state index is 5.35. The molecule has 1 aliphatic rings. The second-order valence-electron chi connectivity index (χ2n) is 5.64. The molecule has 16 heavy (non-hydrogen) atoms. The summed E-state index contributed by atoms with van der Waals surface area (Å²) >= 11 is 0. The minimum Gasteiger partial charge on any atom is -0.339 e. The van der Waals surface area contributed by atoms with E-state index in [4.69, 9.17) is 4.52 Å². The quantitative estimate of drug-likeness (QED) is 0.835. The zero-order chi connectivity index (χ0) is 11.8. The largest absolute Gasteiger partial charge is 0.339 e. The summed E-state index contributed by atoms with van der Waals surface area (Å²) in [5, 5.41) is 7.48.